The summed E-state index contributed by atoms with van der Waals surface area (Å²) in [6, 6.07) is 16.7. The van der Waals surface area contributed by atoms with E-state index in [1.165, 1.54) is 4.90 Å². The molecule has 0 aromatic heterocycles. The van der Waals surface area contributed by atoms with Gasteiger partial charge in [0, 0.05) is 20.2 Å². The highest BCUT2D eigenvalue weighted by atomic mass is 79.9. The van der Waals surface area contributed by atoms with Crippen molar-refractivity contribution in [1.29, 1.82) is 0 Å². The number of ether oxygens (including phenoxy) is 1. The number of benzene rings is 3. The van der Waals surface area contributed by atoms with Gasteiger partial charge in [0.2, 0.25) is 0 Å². The van der Waals surface area contributed by atoms with Crippen molar-refractivity contribution in [3.63, 3.8) is 0 Å². The Bertz CT molecular complexity index is 1120. The van der Waals surface area contributed by atoms with Crippen molar-refractivity contribution >= 4 is 68.3 Å². The largest absolute Gasteiger partial charge is 0.462 e. The first-order valence-electron chi connectivity index (χ1n) is 9.28. The summed E-state index contributed by atoms with van der Waals surface area (Å²) in [5.41, 5.74) is 2.00. The molecule has 0 heterocycles. The Hall–Kier alpha value is -2.05. The van der Waals surface area contributed by atoms with Crippen LogP contribution in [0.4, 0.5) is 5.69 Å². The lowest BCUT2D eigenvalue weighted by Crippen LogP contribution is -2.31. The zero-order valence-corrected chi connectivity index (χ0v) is 20.2. The topological polar surface area (TPSA) is 46.6 Å². The molecule has 160 valence electrons. The maximum atomic E-state index is 13.5. The molecule has 31 heavy (non-hydrogen) atoms. The Labute approximate surface area is 203 Å². The van der Waals surface area contributed by atoms with Gasteiger partial charge >= 0.3 is 5.97 Å². The fourth-order valence-electron chi connectivity index (χ4n) is 2.90. The highest BCUT2D eigenvalue weighted by molar-refractivity contribution is 9.10. The van der Waals surface area contributed by atoms with Crippen LogP contribution in [0.1, 0.15) is 33.2 Å². The number of carbonyl (C=O) groups is 2. The van der Waals surface area contributed by atoms with Crippen molar-refractivity contribution in [3.05, 3.63) is 96.9 Å². The molecule has 0 atom stereocenters. The summed E-state index contributed by atoms with van der Waals surface area (Å²) < 4.78 is 5.75. The van der Waals surface area contributed by atoms with E-state index in [2.05, 4.69) is 15.9 Å². The molecule has 0 fully saturated rings. The SMILES string of the molecule is CCOC(=O)c1ccc(N(Cc2ccc(Cl)cc2Cl)C(=O)c2cc(Br)ccc2Cl)cc1. The van der Waals surface area contributed by atoms with Crippen LogP contribution in [0.5, 0.6) is 0 Å². The molecule has 0 unspecified atom stereocenters. The molecule has 3 aromatic carbocycles. The lowest BCUT2D eigenvalue weighted by atomic mass is 10.1. The number of halogens is 4. The third kappa shape index (κ3) is 5.80. The summed E-state index contributed by atoms with van der Waals surface area (Å²) >= 11 is 22.0. The molecule has 0 spiro atoms. The van der Waals surface area contributed by atoms with E-state index in [1.54, 1.807) is 67.6 Å². The first kappa shape index (κ1) is 23.6. The number of hydrogen-bond acceptors (Lipinski definition) is 3. The third-order valence-corrected chi connectivity index (χ3v) is 5.85. The molecule has 3 aromatic rings. The molecule has 4 nitrogen and oxygen atoms in total. The van der Waals surface area contributed by atoms with Gasteiger partial charge in [0.1, 0.15) is 0 Å². The summed E-state index contributed by atoms with van der Waals surface area (Å²) in [7, 11) is 0. The average molecular weight is 542 g/mol. The quantitative estimate of drug-likeness (QED) is 0.305. The van der Waals surface area contributed by atoms with Crippen molar-refractivity contribution in [1.82, 2.24) is 0 Å². The van der Waals surface area contributed by atoms with E-state index in [0.29, 0.717) is 37.4 Å². The maximum absolute atomic E-state index is 13.5. The predicted molar refractivity (Wildman–Crippen MR) is 129 cm³/mol. The van der Waals surface area contributed by atoms with Gasteiger partial charge in [0.05, 0.1) is 29.3 Å². The van der Waals surface area contributed by atoms with Crippen LogP contribution in [-0.2, 0) is 11.3 Å². The molecule has 0 aliphatic heterocycles. The fraction of sp³-hybridized carbons (Fsp3) is 0.130. The summed E-state index contributed by atoms with van der Waals surface area (Å²) in [6.45, 7) is 2.20. The molecule has 0 aliphatic rings. The highest BCUT2D eigenvalue weighted by Crippen LogP contribution is 2.29. The molecule has 1 amide bonds. The second-order valence-corrected chi connectivity index (χ2v) is 8.69. The molecule has 0 N–H and O–H groups in total. The zero-order chi connectivity index (χ0) is 22.5. The molecule has 0 bridgehead atoms. The number of amides is 1. The second-order valence-electron chi connectivity index (χ2n) is 6.52. The summed E-state index contributed by atoms with van der Waals surface area (Å²) in [5.74, 6) is -0.746. The van der Waals surface area contributed by atoms with Crippen LogP contribution in [0.2, 0.25) is 15.1 Å². The number of rotatable bonds is 6. The highest BCUT2D eigenvalue weighted by Gasteiger charge is 2.22. The van der Waals surface area contributed by atoms with Crippen molar-refractivity contribution in [3.8, 4) is 0 Å². The average Bonchev–Trinajstić information content (AvgIpc) is 2.75. The Kier molecular flexibility index (Phi) is 8.00. The molecule has 0 radical (unpaired) electrons. The van der Waals surface area contributed by atoms with Crippen LogP contribution >= 0.6 is 50.7 Å². The Morgan fingerprint density at radius 2 is 1.65 bits per heavy atom. The fourth-order valence-corrected chi connectivity index (χ4v) is 3.93. The molecule has 0 saturated carbocycles. The molecule has 3 rings (SSSR count). The van der Waals surface area contributed by atoms with E-state index in [4.69, 9.17) is 39.5 Å². The van der Waals surface area contributed by atoms with Crippen LogP contribution < -0.4 is 4.90 Å². The van der Waals surface area contributed by atoms with Crippen molar-refractivity contribution < 1.29 is 14.3 Å². The van der Waals surface area contributed by atoms with Crippen molar-refractivity contribution in [2.24, 2.45) is 0 Å². The van der Waals surface area contributed by atoms with E-state index in [9.17, 15) is 9.59 Å². The van der Waals surface area contributed by atoms with Gasteiger partial charge in [-0.3, -0.25) is 4.79 Å². The number of nitrogens with zero attached hydrogens (tertiary/aromatic N) is 1. The minimum atomic E-state index is -0.428. The van der Waals surface area contributed by atoms with Crippen LogP contribution in [-0.4, -0.2) is 18.5 Å². The predicted octanol–water partition coefficient (Wildman–Crippen LogP) is 7.43. The van der Waals surface area contributed by atoms with E-state index in [-0.39, 0.29) is 19.1 Å². The Morgan fingerprint density at radius 1 is 0.935 bits per heavy atom. The van der Waals surface area contributed by atoms with Gasteiger partial charge < -0.3 is 9.64 Å². The number of carbonyl (C=O) groups excluding carboxylic acids is 2. The van der Waals surface area contributed by atoms with Gasteiger partial charge in [-0.2, -0.15) is 0 Å². The third-order valence-electron chi connectivity index (χ3n) is 4.44. The molecule has 0 aliphatic carbocycles. The van der Waals surface area contributed by atoms with Crippen LogP contribution in [0.25, 0.3) is 0 Å². The first-order valence-corrected chi connectivity index (χ1v) is 11.2. The molecule has 0 saturated heterocycles. The van der Waals surface area contributed by atoms with Crippen molar-refractivity contribution in [2.45, 2.75) is 13.5 Å². The van der Waals surface area contributed by atoms with Gasteiger partial charge in [-0.1, -0.05) is 56.8 Å². The summed E-state index contributed by atoms with van der Waals surface area (Å²) in [6.07, 6.45) is 0. The number of hydrogen-bond donors (Lipinski definition) is 0. The van der Waals surface area contributed by atoms with Crippen LogP contribution in [0.15, 0.2) is 65.1 Å². The van der Waals surface area contributed by atoms with E-state index >= 15 is 0 Å². The monoisotopic (exact) mass is 539 g/mol. The molecular weight excluding hydrogens is 525 g/mol. The van der Waals surface area contributed by atoms with E-state index in [1.807, 2.05) is 0 Å². The van der Waals surface area contributed by atoms with E-state index < -0.39 is 5.97 Å². The zero-order valence-electron chi connectivity index (χ0n) is 16.4. The minimum absolute atomic E-state index is 0.177. The van der Waals surface area contributed by atoms with Crippen LogP contribution in [0, 0.1) is 0 Å². The van der Waals surface area contributed by atoms with Gasteiger partial charge in [-0.05, 0) is 67.1 Å². The summed E-state index contributed by atoms with van der Waals surface area (Å²) in [5, 5.41) is 1.26. The molecule has 8 heteroatoms. The Morgan fingerprint density at radius 3 is 2.29 bits per heavy atom. The van der Waals surface area contributed by atoms with Gasteiger partial charge in [-0.25, -0.2) is 4.79 Å². The standard InChI is InChI=1S/C23H17BrCl3NO3/c1-2-31-23(30)14-4-8-18(9-5-14)28(13-15-3-7-17(25)12-21(15)27)22(29)19-11-16(24)6-10-20(19)26/h3-12H,2,13H2,1H3. The smallest absolute Gasteiger partial charge is 0.338 e. The molecular formula is C23H17BrCl3NO3. The first-order chi connectivity index (χ1) is 14.8. The normalized spacial score (nSPS) is 10.6. The van der Waals surface area contributed by atoms with Gasteiger partial charge in [-0.15, -0.1) is 0 Å². The van der Waals surface area contributed by atoms with Crippen LogP contribution in [0.3, 0.4) is 0 Å². The number of esters is 1. The van der Waals surface area contributed by atoms with Gasteiger partial charge in [0.15, 0.2) is 0 Å². The summed E-state index contributed by atoms with van der Waals surface area (Å²) in [4.78, 5) is 27.0. The lowest BCUT2D eigenvalue weighted by Gasteiger charge is -2.24. The Balaban J connectivity index is 2.02. The van der Waals surface area contributed by atoms with Gasteiger partial charge in [0.25, 0.3) is 5.91 Å². The van der Waals surface area contributed by atoms with E-state index in [0.717, 1.165) is 4.47 Å². The second kappa shape index (κ2) is 10.5. The minimum Gasteiger partial charge on any atom is -0.462 e. The number of anilines is 1. The maximum Gasteiger partial charge on any atom is 0.338 e. The van der Waals surface area contributed by atoms with Crippen molar-refractivity contribution in [2.75, 3.05) is 11.5 Å². The lowest BCUT2D eigenvalue weighted by molar-refractivity contribution is 0.0526.